The zero-order chi connectivity index (χ0) is 13.5. The van der Waals surface area contributed by atoms with Gasteiger partial charge in [-0.25, -0.2) is 4.79 Å². The van der Waals surface area contributed by atoms with Crippen molar-refractivity contribution in [2.45, 2.75) is 19.9 Å². The molecule has 0 aliphatic carbocycles. The summed E-state index contributed by atoms with van der Waals surface area (Å²) in [5.41, 5.74) is 6.16. The number of nitrogens with two attached hydrogens (primary N) is 1. The van der Waals surface area contributed by atoms with Gasteiger partial charge < -0.3 is 21.7 Å². The molecule has 0 bridgehead atoms. The standard InChI is InChI=1S/C12H18N4O2/c1-8(2)14-7-11(17)15-9-4-3-5-10(6-9)16-12(13)18/h3-6,8,14H,7H2,1-2H3,(H,15,17)(H3,13,16,18). The number of carbonyl (C=O) groups is 2. The summed E-state index contributed by atoms with van der Waals surface area (Å²) in [4.78, 5) is 22.3. The van der Waals surface area contributed by atoms with Crippen molar-refractivity contribution in [1.29, 1.82) is 0 Å². The number of hydrogen-bond acceptors (Lipinski definition) is 3. The Labute approximate surface area is 106 Å². The van der Waals surface area contributed by atoms with Crippen LogP contribution >= 0.6 is 0 Å². The van der Waals surface area contributed by atoms with Gasteiger partial charge in [0.2, 0.25) is 5.91 Å². The molecule has 1 aromatic carbocycles. The van der Waals surface area contributed by atoms with Crippen molar-refractivity contribution in [3.63, 3.8) is 0 Å². The molecule has 98 valence electrons. The highest BCUT2D eigenvalue weighted by Gasteiger charge is 2.04. The third-order valence-electron chi connectivity index (χ3n) is 2.08. The molecular formula is C12H18N4O2. The van der Waals surface area contributed by atoms with Gasteiger partial charge in [-0.1, -0.05) is 19.9 Å². The molecule has 0 atom stereocenters. The zero-order valence-electron chi connectivity index (χ0n) is 10.5. The maximum absolute atomic E-state index is 11.6. The van der Waals surface area contributed by atoms with Crippen LogP contribution in [0.5, 0.6) is 0 Å². The largest absolute Gasteiger partial charge is 0.351 e. The molecule has 0 heterocycles. The summed E-state index contributed by atoms with van der Waals surface area (Å²) in [6.07, 6.45) is 0. The first-order valence-electron chi connectivity index (χ1n) is 5.67. The molecule has 0 fully saturated rings. The van der Waals surface area contributed by atoms with Gasteiger partial charge in [-0.15, -0.1) is 0 Å². The minimum Gasteiger partial charge on any atom is -0.351 e. The fraction of sp³-hybridized carbons (Fsp3) is 0.333. The lowest BCUT2D eigenvalue weighted by Gasteiger charge is -2.10. The van der Waals surface area contributed by atoms with Crippen molar-refractivity contribution in [1.82, 2.24) is 5.32 Å². The highest BCUT2D eigenvalue weighted by atomic mass is 16.2. The lowest BCUT2D eigenvalue weighted by molar-refractivity contribution is -0.115. The van der Waals surface area contributed by atoms with Crippen LogP contribution in [0.1, 0.15) is 13.8 Å². The highest BCUT2D eigenvalue weighted by molar-refractivity contribution is 5.94. The van der Waals surface area contributed by atoms with Crippen LogP contribution in [-0.2, 0) is 4.79 Å². The third kappa shape index (κ3) is 5.31. The first-order chi connectivity index (χ1) is 8.47. The highest BCUT2D eigenvalue weighted by Crippen LogP contribution is 2.14. The molecule has 6 nitrogen and oxygen atoms in total. The van der Waals surface area contributed by atoms with Crippen molar-refractivity contribution in [2.24, 2.45) is 5.73 Å². The van der Waals surface area contributed by atoms with Gasteiger partial charge in [0.1, 0.15) is 0 Å². The van der Waals surface area contributed by atoms with Crippen molar-refractivity contribution in [3.05, 3.63) is 24.3 Å². The topological polar surface area (TPSA) is 96.2 Å². The maximum atomic E-state index is 11.6. The van der Waals surface area contributed by atoms with Crippen molar-refractivity contribution < 1.29 is 9.59 Å². The summed E-state index contributed by atoms with van der Waals surface area (Å²) in [6.45, 7) is 4.17. The van der Waals surface area contributed by atoms with Gasteiger partial charge >= 0.3 is 6.03 Å². The summed E-state index contributed by atoms with van der Waals surface area (Å²) in [5.74, 6) is -0.139. The van der Waals surface area contributed by atoms with Crippen LogP contribution in [0.4, 0.5) is 16.2 Å². The van der Waals surface area contributed by atoms with Gasteiger partial charge in [0.05, 0.1) is 6.54 Å². The van der Waals surface area contributed by atoms with Gasteiger partial charge in [-0.2, -0.15) is 0 Å². The van der Waals surface area contributed by atoms with Crippen LogP contribution < -0.4 is 21.7 Å². The van der Waals surface area contributed by atoms with Gasteiger partial charge in [0.15, 0.2) is 0 Å². The van der Waals surface area contributed by atoms with E-state index in [0.29, 0.717) is 11.4 Å². The molecule has 18 heavy (non-hydrogen) atoms. The molecule has 0 aromatic heterocycles. The number of anilines is 2. The number of hydrogen-bond donors (Lipinski definition) is 4. The van der Waals surface area contributed by atoms with Crippen molar-refractivity contribution in [3.8, 4) is 0 Å². The second-order valence-electron chi connectivity index (χ2n) is 4.15. The van der Waals surface area contributed by atoms with E-state index < -0.39 is 6.03 Å². The number of carbonyl (C=O) groups excluding carboxylic acids is 2. The van der Waals surface area contributed by atoms with E-state index in [2.05, 4.69) is 16.0 Å². The Morgan fingerprint density at radius 3 is 2.39 bits per heavy atom. The fourth-order valence-corrected chi connectivity index (χ4v) is 1.32. The number of nitrogens with one attached hydrogen (secondary N) is 3. The van der Waals surface area contributed by atoms with E-state index in [9.17, 15) is 9.59 Å². The SMILES string of the molecule is CC(C)NCC(=O)Nc1cccc(NC(N)=O)c1. The van der Waals surface area contributed by atoms with E-state index in [1.54, 1.807) is 24.3 Å². The van der Waals surface area contributed by atoms with Crippen molar-refractivity contribution in [2.75, 3.05) is 17.2 Å². The van der Waals surface area contributed by atoms with E-state index in [4.69, 9.17) is 5.73 Å². The van der Waals surface area contributed by atoms with E-state index in [1.165, 1.54) is 0 Å². The second-order valence-corrected chi connectivity index (χ2v) is 4.15. The summed E-state index contributed by atoms with van der Waals surface area (Å²) in [7, 11) is 0. The molecule has 0 radical (unpaired) electrons. The average Bonchev–Trinajstić information content (AvgIpc) is 2.26. The predicted octanol–water partition coefficient (Wildman–Crippen LogP) is 1.11. The van der Waals surface area contributed by atoms with E-state index in [-0.39, 0.29) is 18.5 Å². The first-order valence-corrected chi connectivity index (χ1v) is 5.67. The number of rotatable bonds is 5. The molecular weight excluding hydrogens is 232 g/mol. The number of benzene rings is 1. The minimum absolute atomic E-state index is 0.139. The van der Waals surface area contributed by atoms with E-state index in [1.807, 2.05) is 13.8 Å². The summed E-state index contributed by atoms with van der Waals surface area (Å²) in [6, 6.07) is 6.39. The Balaban J connectivity index is 2.56. The van der Waals surface area contributed by atoms with E-state index >= 15 is 0 Å². The monoisotopic (exact) mass is 250 g/mol. The Bertz CT molecular complexity index is 432. The van der Waals surface area contributed by atoms with Gasteiger partial charge in [-0.05, 0) is 18.2 Å². The normalized spacial score (nSPS) is 10.2. The Morgan fingerprint density at radius 2 is 1.83 bits per heavy atom. The molecule has 0 unspecified atom stereocenters. The minimum atomic E-state index is -0.639. The molecule has 0 aliphatic heterocycles. The fourth-order valence-electron chi connectivity index (χ4n) is 1.32. The molecule has 5 N–H and O–H groups in total. The Kier molecular flexibility index (Phi) is 5.13. The predicted molar refractivity (Wildman–Crippen MR) is 71.4 cm³/mol. The molecule has 1 rings (SSSR count). The Hall–Kier alpha value is -2.08. The number of urea groups is 1. The smallest absolute Gasteiger partial charge is 0.316 e. The summed E-state index contributed by atoms with van der Waals surface area (Å²) < 4.78 is 0. The number of primary amides is 1. The van der Waals surface area contributed by atoms with Crippen LogP contribution in [-0.4, -0.2) is 24.5 Å². The first kappa shape index (κ1) is 14.0. The van der Waals surface area contributed by atoms with Crippen LogP contribution in [0, 0.1) is 0 Å². The van der Waals surface area contributed by atoms with Crippen LogP contribution in [0.15, 0.2) is 24.3 Å². The quantitative estimate of drug-likeness (QED) is 0.630. The van der Waals surface area contributed by atoms with E-state index in [0.717, 1.165) is 0 Å². The van der Waals surface area contributed by atoms with Crippen LogP contribution in [0.2, 0.25) is 0 Å². The molecule has 0 spiro atoms. The van der Waals surface area contributed by atoms with Crippen LogP contribution in [0.25, 0.3) is 0 Å². The van der Waals surface area contributed by atoms with Gasteiger partial charge in [-0.3, -0.25) is 4.79 Å². The molecule has 1 aromatic rings. The van der Waals surface area contributed by atoms with Crippen molar-refractivity contribution >= 4 is 23.3 Å². The summed E-state index contributed by atoms with van der Waals surface area (Å²) >= 11 is 0. The third-order valence-corrected chi connectivity index (χ3v) is 2.08. The van der Waals surface area contributed by atoms with Crippen LogP contribution in [0.3, 0.4) is 0 Å². The number of amides is 3. The molecule has 6 heteroatoms. The molecule has 0 saturated carbocycles. The molecule has 0 aliphatic rings. The van der Waals surface area contributed by atoms with Gasteiger partial charge in [0.25, 0.3) is 0 Å². The average molecular weight is 250 g/mol. The maximum Gasteiger partial charge on any atom is 0.316 e. The molecule has 0 saturated heterocycles. The summed E-state index contributed by atoms with van der Waals surface area (Å²) in [5, 5.41) is 8.17. The lowest BCUT2D eigenvalue weighted by Crippen LogP contribution is -2.32. The Morgan fingerprint density at radius 1 is 1.22 bits per heavy atom. The lowest BCUT2D eigenvalue weighted by atomic mass is 10.2. The molecule has 3 amide bonds. The zero-order valence-corrected chi connectivity index (χ0v) is 10.5. The second kappa shape index (κ2) is 6.61. The van der Waals surface area contributed by atoms with Gasteiger partial charge in [0, 0.05) is 17.4 Å².